The topological polar surface area (TPSA) is 105 Å². The number of carbonyl (C=O) groups excluding carboxylic acids is 3. The molecule has 0 saturated carbocycles. The number of amides is 2. The molecule has 4 rings (SSSR count). The standard InChI is InChI=1S/C31H38N2O6/c34-19-28-16-24-12-8-9-14-26(24)18-33(28)29(35)17-25-13-6-1-2-7-15-30(36)39-22-27(32-31(25)37)21-38-20-23-10-4-3-5-11-23/h1,3-6,8-12,14,25,27-28,34H,2,7,13,15-22H2,(H,32,37). The molecule has 8 heteroatoms. The Morgan fingerprint density at radius 3 is 2.62 bits per heavy atom. The van der Waals surface area contributed by atoms with Crippen LogP contribution in [0, 0.1) is 5.92 Å². The maximum atomic E-state index is 13.5. The lowest BCUT2D eigenvalue weighted by molar-refractivity contribution is -0.146. The van der Waals surface area contributed by atoms with Crippen molar-refractivity contribution >= 4 is 17.8 Å². The molecule has 8 nitrogen and oxygen atoms in total. The van der Waals surface area contributed by atoms with Crippen LogP contribution in [0.25, 0.3) is 0 Å². The van der Waals surface area contributed by atoms with Crippen LogP contribution < -0.4 is 5.32 Å². The molecule has 2 aliphatic rings. The van der Waals surface area contributed by atoms with Gasteiger partial charge in [-0.05, 0) is 42.4 Å². The molecule has 39 heavy (non-hydrogen) atoms. The highest BCUT2D eigenvalue weighted by Crippen LogP contribution is 2.25. The highest BCUT2D eigenvalue weighted by molar-refractivity contribution is 5.86. The van der Waals surface area contributed by atoms with Crippen molar-refractivity contribution in [2.45, 2.75) is 63.8 Å². The summed E-state index contributed by atoms with van der Waals surface area (Å²) in [6.07, 6.45) is 6.51. The molecule has 2 N–H and O–H groups in total. The Kier molecular flexibility index (Phi) is 10.7. The van der Waals surface area contributed by atoms with Crippen molar-refractivity contribution in [1.82, 2.24) is 10.2 Å². The maximum absolute atomic E-state index is 13.5. The molecule has 2 aromatic rings. The minimum absolute atomic E-state index is 0.00293. The fourth-order valence-electron chi connectivity index (χ4n) is 5.01. The van der Waals surface area contributed by atoms with Gasteiger partial charge in [-0.15, -0.1) is 0 Å². The van der Waals surface area contributed by atoms with Crippen LogP contribution in [0.2, 0.25) is 0 Å². The summed E-state index contributed by atoms with van der Waals surface area (Å²) in [5.41, 5.74) is 3.20. The van der Waals surface area contributed by atoms with Gasteiger partial charge in [0.2, 0.25) is 11.8 Å². The molecule has 0 bridgehead atoms. The first-order chi connectivity index (χ1) is 19.0. The summed E-state index contributed by atoms with van der Waals surface area (Å²) in [5, 5.41) is 13.0. The summed E-state index contributed by atoms with van der Waals surface area (Å²) in [6.45, 7) is 0.813. The number of ether oxygens (including phenoxy) is 2. The first-order valence-electron chi connectivity index (χ1n) is 13.7. The van der Waals surface area contributed by atoms with E-state index in [0.717, 1.165) is 16.7 Å². The number of aliphatic hydroxyl groups excluding tert-OH is 1. The second-order valence-corrected chi connectivity index (χ2v) is 10.2. The average molecular weight is 535 g/mol. The van der Waals surface area contributed by atoms with Gasteiger partial charge in [0, 0.05) is 19.4 Å². The van der Waals surface area contributed by atoms with Crippen LogP contribution in [0.1, 0.15) is 48.8 Å². The van der Waals surface area contributed by atoms with E-state index < -0.39 is 12.0 Å². The number of hydrogen-bond acceptors (Lipinski definition) is 6. The van der Waals surface area contributed by atoms with Crippen LogP contribution in [0.3, 0.4) is 0 Å². The molecule has 2 aromatic carbocycles. The van der Waals surface area contributed by atoms with Gasteiger partial charge in [0.05, 0.1) is 37.8 Å². The fourth-order valence-corrected chi connectivity index (χ4v) is 5.01. The number of cyclic esters (lactones) is 1. The summed E-state index contributed by atoms with van der Waals surface area (Å²) < 4.78 is 11.3. The minimum Gasteiger partial charge on any atom is -0.463 e. The number of allylic oxidation sites excluding steroid dienone is 2. The molecule has 2 aliphatic heterocycles. The molecule has 3 unspecified atom stereocenters. The molecule has 0 radical (unpaired) electrons. The zero-order valence-electron chi connectivity index (χ0n) is 22.3. The molecular formula is C31H38N2O6. The Balaban J connectivity index is 1.44. The van der Waals surface area contributed by atoms with Gasteiger partial charge >= 0.3 is 5.97 Å². The molecule has 2 heterocycles. The lowest BCUT2D eigenvalue weighted by atomic mass is 9.92. The molecule has 0 fully saturated rings. The summed E-state index contributed by atoms with van der Waals surface area (Å²) >= 11 is 0. The Morgan fingerprint density at radius 2 is 1.82 bits per heavy atom. The lowest BCUT2D eigenvalue weighted by Crippen LogP contribution is -2.49. The number of nitrogens with one attached hydrogen (secondary N) is 1. The van der Waals surface area contributed by atoms with E-state index in [4.69, 9.17) is 9.47 Å². The van der Waals surface area contributed by atoms with Crippen molar-refractivity contribution in [3.63, 3.8) is 0 Å². The van der Waals surface area contributed by atoms with E-state index >= 15 is 0 Å². The van der Waals surface area contributed by atoms with E-state index in [1.165, 1.54) is 0 Å². The summed E-state index contributed by atoms with van der Waals surface area (Å²) in [5.74, 6) is -1.35. The van der Waals surface area contributed by atoms with Gasteiger partial charge in [-0.1, -0.05) is 66.7 Å². The largest absolute Gasteiger partial charge is 0.463 e. The number of rotatable bonds is 7. The molecule has 2 amide bonds. The fraction of sp³-hybridized carbons (Fsp3) is 0.452. The van der Waals surface area contributed by atoms with E-state index in [1.807, 2.05) is 66.7 Å². The maximum Gasteiger partial charge on any atom is 0.305 e. The molecule has 0 saturated heterocycles. The number of nitrogens with zero attached hydrogens (tertiary/aromatic N) is 1. The first kappa shape index (κ1) is 28.5. The normalized spacial score (nSPS) is 22.5. The van der Waals surface area contributed by atoms with E-state index in [0.29, 0.717) is 45.3 Å². The number of hydrogen-bond donors (Lipinski definition) is 2. The Hall–Kier alpha value is -3.49. The Morgan fingerprint density at radius 1 is 1.05 bits per heavy atom. The van der Waals surface area contributed by atoms with Gasteiger partial charge in [-0.2, -0.15) is 0 Å². The highest BCUT2D eigenvalue weighted by Gasteiger charge is 2.32. The number of aliphatic hydroxyl groups is 1. The van der Waals surface area contributed by atoms with Gasteiger partial charge < -0.3 is 24.8 Å². The molecule has 0 spiro atoms. The quantitative estimate of drug-likeness (QED) is 0.417. The zero-order chi connectivity index (χ0) is 27.5. The van der Waals surface area contributed by atoms with Gasteiger partial charge in [0.15, 0.2) is 0 Å². The number of esters is 1. The molecule has 208 valence electrons. The third kappa shape index (κ3) is 8.50. The zero-order valence-corrected chi connectivity index (χ0v) is 22.3. The Bertz CT molecular complexity index is 1130. The van der Waals surface area contributed by atoms with Crippen molar-refractivity contribution in [3.8, 4) is 0 Å². The molecule has 3 atom stereocenters. The minimum atomic E-state index is -0.599. The van der Waals surface area contributed by atoms with Crippen molar-refractivity contribution in [2.24, 2.45) is 5.92 Å². The van der Waals surface area contributed by atoms with Gasteiger partial charge in [-0.25, -0.2) is 0 Å². The second-order valence-electron chi connectivity index (χ2n) is 10.2. The predicted octanol–water partition coefficient (Wildman–Crippen LogP) is 3.31. The van der Waals surface area contributed by atoms with Gasteiger partial charge in [0.1, 0.15) is 6.61 Å². The monoisotopic (exact) mass is 534 g/mol. The SMILES string of the molecule is O=C1CCCC=CCC(CC(=O)N2Cc3ccccc3CC2CO)C(=O)NC(COCc2ccccc2)CO1. The number of benzene rings is 2. The number of carbonyl (C=O) groups is 3. The second kappa shape index (κ2) is 14.6. The van der Waals surface area contributed by atoms with Crippen LogP contribution in [-0.4, -0.2) is 59.7 Å². The van der Waals surface area contributed by atoms with Crippen LogP contribution in [0.5, 0.6) is 0 Å². The molecule has 0 aliphatic carbocycles. The average Bonchev–Trinajstić information content (AvgIpc) is 2.97. The molecule has 0 aromatic heterocycles. The van der Waals surface area contributed by atoms with E-state index in [1.54, 1.807) is 4.90 Å². The van der Waals surface area contributed by atoms with Gasteiger partial charge in [0.25, 0.3) is 0 Å². The van der Waals surface area contributed by atoms with Crippen molar-refractivity contribution in [3.05, 3.63) is 83.4 Å². The van der Waals surface area contributed by atoms with Gasteiger partial charge in [-0.3, -0.25) is 14.4 Å². The van der Waals surface area contributed by atoms with E-state index in [2.05, 4.69) is 5.32 Å². The van der Waals surface area contributed by atoms with Crippen molar-refractivity contribution < 1.29 is 29.0 Å². The van der Waals surface area contributed by atoms with Crippen LogP contribution in [0.15, 0.2) is 66.7 Å². The van der Waals surface area contributed by atoms with E-state index in [9.17, 15) is 19.5 Å². The third-order valence-electron chi connectivity index (χ3n) is 7.24. The van der Waals surface area contributed by atoms with Crippen molar-refractivity contribution in [2.75, 3.05) is 19.8 Å². The van der Waals surface area contributed by atoms with Crippen LogP contribution in [-0.2, 0) is 43.4 Å². The summed E-state index contributed by atoms with van der Waals surface area (Å²) in [4.78, 5) is 40.8. The van der Waals surface area contributed by atoms with Crippen LogP contribution in [0.4, 0.5) is 0 Å². The van der Waals surface area contributed by atoms with E-state index in [-0.39, 0.29) is 50.1 Å². The van der Waals surface area contributed by atoms with Crippen LogP contribution >= 0.6 is 0 Å². The summed E-state index contributed by atoms with van der Waals surface area (Å²) in [7, 11) is 0. The highest BCUT2D eigenvalue weighted by atomic mass is 16.5. The number of fused-ring (bicyclic) bond motifs is 1. The van der Waals surface area contributed by atoms with Crippen molar-refractivity contribution in [1.29, 1.82) is 0 Å². The molecular weight excluding hydrogens is 496 g/mol. The smallest absolute Gasteiger partial charge is 0.305 e. The predicted molar refractivity (Wildman–Crippen MR) is 146 cm³/mol. The first-order valence-corrected chi connectivity index (χ1v) is 13.7. The third-order valence-corrected chi connectivity index (χ3v) is 7.24. The Labute approximate surface area is 230 Å². The lowest BCUT2D eigenvalue weighted by Gasteiger charge is -2.36. The summed E-state index contributed by atoms with van der Waals surface area (Å²) in [6, 6.07) is 16.8.